The third-order valence-corrected chi connectivity index (χ3v) is 8.04. The van der Waals surface area contributed by atoms with Crippen molar-refractivity contribution < 1.29 is 9.84 Å². The van der Waals surface area contributed by atoms with E-state index in [0.29, 0.717) is 6.61 Å². The van der Waals surface area contributed by atoms with Crippen LogP contribution in [0.2, 0.25) is 0 Å². The van der Waals surface area contributed by atoms with E-state index in [1.54, 1.807) is 23.9 Å². The highest BCUT2D eigenvalue weighted by molar-refractivity contribution is 7.99. The number of likely N-dealkylation sites (tertiary alicyclic amines) is 1. The number of para-hydroxylation sites is 2. The Kier molecular flexibility index (Phi) is 6.72. The Balaban J connectivity index is 1.30. The first kappa shape index (κ1) is 23.8. The van der Waals surface area contributed by atoms with Gasteiger partial charge in [-0.25, -0.2) is 9.97 Å². The van der Waals surface area contributed by atoms with E-state index in [-0.39, 0.29) is 5.75 Å². The zero-order chi connectivity index (χ0) is 25.2. The summed E-state index contributed by atoms with van der Waals surface area (Å²) in [5, 5.41) is 9.86. The van der Waals surface area contributed by atoms with Crippen LogP contribution in [-0.4, -0.2) is 50.8 Å². The average molecular weight is 511 g/mol. The number of fused-ring (bicyclic) bond motifs is 2. The molecule has 0 unspecified atom stereocenters. The number of benzene rings is 3. The lowest BCUT2D eigenvalue weighted by molar-refractivity contribution is 0.183. The van der Waals surface area contributed by atoms with Crippen LogP contribution in [0.4, 0.5) is 0 Å². The molecular formula is C30H30N4O2S. The van der Waals surface area contributed by atoms with Crippen LogP contribution in [-0.2, 0) is 7.05 Å². The highest BCUT2D eigenvalue weighted by Crippen LogP contribution is 2.42. The Morgan fingerprint density at radius 2 is 1.57 bits per heavy atom. The molecule has 6 rings (SSSR count). The SMILES string of the molecule is Cn1c(-c2ccc(O)cc2)c(Sc2ccc(OCCN3CCCCC3)cc2)c2nc3ccccc3nc21. The number of aromatic hydroxyl groups is 1. The second-order valence-corrected chi connectivity index (χ2v) is 10.6. The molecule has 0 bridgehead atoms. The molecule has 3 aromatic carbocycles. The van der Waals surface area contributed by atoms with Crippen molar-refractivity contribution in [1.29, 1.82) is 0 Å². The summed E-state index contributed by atoms with van der Waals surface area (Å²) in [5.74, 6) is 1.14. The van der Waals surface area contributed by atoms with Gasteiger partial charge in [0.25, 0.3) is 0 Å². The number of rotatable bonds is 7. The van der Waals surface area contributed by atoms with Crippen LogP contribution in [0.3, 0.4) is 0 Å². The largest absolute Gasteiger partial charge is 0.508 e. The molecule has 1 N–H and O–H groups in total. The maximum Gasteiger partial charge on any atom is 0.160 e. The topological polar surface area (TPSA) is 63.4 Å². The molecule has 0 saturated carbocycles. The summed E-state index contributed by atoms with van der Waals surface area (Å²) in [7, 11) is 2.03. The van der Waals surface area contributed by atoms with E-state index in [0.717, 1.165) is 55.5 Å². The van der Waals surface area contributed by atoms with Gasteiger partial charge in [0, 0.05) is 18.5 Å². The van der Waals surface area contributed by atoms with Crippen molar-refractivity contribution in [2.45, 2.75) is 29.1 Å². The molecule has 0 spiro atoms. The van der Waals surface area contributed by atoms with Gasteiger partial charge in [-0.15, -0.1) is 0 Å². The van der Waals surface area contributed by atoms with Crippen LogP contribution in [0, 0.1) is 0 Å². The Labute approximate surface area is 220 Å². The number of hydrogen-bond donors (Lipinski definition) is 1. The van der Waals surface area contributed by atoms with Crippen LogP contribution in [0.25, 0.3) is 33.5 Å². The molecule has 0 amide bonds. The van der Waals surface area contributed by atoms with Crippen LogP contribution in [0.5, 0.6) is 11.5 Å². The van der Waals surface area contributed by atoms with Gasteiger partial charge in [-0.05, 0) is 92.2 Å². The van der Waals surface area contributed by atoms with Crippen molar-refractivity contribution in [2.24, 2.45) is 7.05 Å². The van der Waals surface area contributed by atoms with Crippen LogP contribution in [0.15, 0.2) is 82.6 Å². The molecule has 1 aliphatic heterocycles. The summed E-state index contributed by atoms with van der Waals surface area (Å²) in [5.41, 5.74) is 5.48. The van der Waals surface area contributed by atoms with Gasteiger partial charge in [-0.1, -0.05) is 30.3 Å². The zero-order valence-corrected chi connectivity index (χ0v) is 21.7. The molecule has 5 aromatic rings. The van der Waals surface area contributed by atoms with Gasteiger partial charge >= 0.3 is 0 Å². The first-order valence-electron chi connectivity index (χ1n) is 12.8. The molecule has 0 aliphatic carbocycles. The summed E-state index contributed by atoms with van der Waals surface area (Å²) >= 11 is 1.68. The summed E-state index contributed by atoms with van der Waals surface area (Å²) in [4.78, 5) is 14.6. The van der Waals surface area contributed by atoms with E-state index < -0.39 is 0 Å². The van der Waals surface area contributed by atoms with Crippen LogP contribution < -0.4 is 4.74 Å². The predicted octanol–water partition coefficient (Wildman–Crippen LogP) is 6.51. The van der Waals surface area contributed by atoms with E-state index >= 15 is 0 Å². The molecule has 37 heavy (non-hydrogen) atoms. The highest BCUT2D eigenvalue weighted by atomic mass is 32.2. The third kappa shape index (κ3) is 5.02. The number of ether oxygens (including phenoxy) is 1. The lowest BCUT2D eigenvalue weighted by Crippen LogP contribution is -2.33. The van der Waals surface area contributed by atoms with Crippen molar-refractivity contribution in [1.82, 2.24) is 19.4 Å². The number of hydrogen-bond acceptors (Lipinski definition) is 6. The Hall–Kier alpha value is -3.55. The number of phenolic OH excluding ortho intramolecular Hbond substituents is 1. The van der Waals surface area contributed by atoms with Gasteiger partial charge in [0.2, 0.25) is 0 Å². The fraction of sp³-hybridized carbons (Fsp3) is 0.267. The number of piperidine rings is 1. The lowest BCUT2D eigenvalue weighted by atomic mass is 10.1. The predicted molar refractivity (Wildman–Crippen MR) is 149 cm³/mol. The van der Waals surface area contributed by atoms with Gasteiger partial charge in [0.1, 0.15) is 23.6 Å². The molecule has 0 atom stereocenters. The van der Waals surface area contributed by atoms with Gasteiger partial charge in [-0.2, -0.15) is 0 Å². The van der Waals surface area contributed by atoms with Crippen LogP contribution in [0.1, 0.15) is 19.3 Å². The third-order valence-electron chi connectivity index (χ3n) is 6.94. The second kappa shape index (κ2) is 10.4. The fourth-order valence-electron chi connectivity index (χ4n) is 4.99. The molecule has 188 valence electrons. The highest BCUT2D eigenvalue weighted by Gasteiger charge is 2.21. The maximum atomic E-state index is 9.86. The number of aromatic nitrogens is 3. The first-order valence-corrected chi connectivity index (χ1v) is 13.6. The molecule has 7 heteroatoms. The Bertz CT molecular complexity index is 1520. The summed E-state index contributed by atoms with van der Waals surface area (Å²) in [6, 6.07) is 23.6. The number of nitrogens with zero attached hydrogens (tertiary/aromatic N) is 4. The lowest BCUT2D eigenvalue weighted by Gasteiger charge is -2.26. The Morgan fingerprint density at radius 3 is 2.30 bits per heavy atom. The maximum absolute atomic E-state index is 9.86. The quantitative estimate of drug-likeness (QED) is 0.269. The smallest absolute Gasteiger partial charge is 0.160 e. The van der Waals surface area contributed by atoms with Crippen molar-refractivity contribution in [3.05, 3.63) is 72.8 Å². The molecule has 0 radical (unpaired) electrons. The van der Waals surface area contributed by atoms with Crippen molar-refractivity contribution >= 4 is 34.0 Å². The second-order valence-electron chi connectivity index (χ2n) is 9.49. The minimum Gasteiger partial charge on any atom is -0.508 e. The Morgan fingerprint density at radius 1 is 0.865 bits per heavy atom. The van der Waals surface area contributed by atoms with Crippen LogP contribution >= 0.6 is 11.8 Å². The minimum absolute atomic E-state index is 0.245. The summed E-state index contributed by atoms with van der Waals surface area (Å²) < 4.78 is 8.14. The molecular weight excluding hydrogens is 480 g/mol. The van der Waals surface area contributed by atoms with Gasteiger partial charge < -0.3 is 14.4 Å². The van der Waals surface area contributed by atoms with E-state index in [1.807, 2.05) is 55.6 Å². The molecule has 2 aromatic heterocycles. The molecule has 3 heterocycles. The molecule has 1 fully saturated rings. The fourth-order valence-corrected chi connectivity index (χ4v) is 6.08. The van der Waals surface area contributed by atoms with Gasteiger partial charge in [0.15, 0.2) is 5.65 Å². The van der Waals surface area contributed by atoms with E-state index in [2.05, 4.69) is 21.6 Å². The molecule has 6 nitrogen and oxygen atoms in total. The number of phenols is 1. The standard InChI is InChI=1S/C30H30N4O2S/c1-33-28(21-9-11-22(35)12-10-21)29(27-30(33)32-26-8-4-3-7-25(26)31-27)37-24-15-13-23(14-16-24)36-20-19-34-17-5-2-6-18-34/h3-4,7-16,35H,2,5-6,17-20H2,1H3. The monoisotopic (exact) mass is 510 g/mol. The van der Waals surface area contributed by atoms with Gasteiger partial charge in [-0.3, -0.25) is 4.90 Å². The van der Waals surface area contributed by atoms with Crippen molar-refractivity contribution in [3.63, 3.8) is 0 Å². The molecule has 1 saturated heterocycles. The minimum atomic E-state index is 0.245. The zero-order valence-electron chi connectivity index (χ0n) is 20.9. The van der Waals surface area contributed by atoms with E-state index in [9.17, 15) is 5.11 Å². The average Bonchev–Trinajstić information content (AvgIpc) is 3.19. The van der Waals surface area contributed by atoms with Gasteiger partial charge in [0.05, 0.1) is 21.6 Å². The number of aryl methyl sites for hydroxylation is 1. The summed E-state index contributed by atoms with van der Waals surface area (Å²) in [6.45, 7) is 4.07. The van der Waals surface area contributed by atoms with Crippen molar-refractivity contribution in [2.75, 3.05) is 26.2 Å². The normalized spacial score (nSPS) is 14.4. The van der Waals surface area contributed by atoms with E-state index in [4.69, 9.17) is 14.7 Å². The first-order chi connectivity index (χ1) is 18.2. The van der Waals surface area contributed by atoms with E-state index in [1.165, 1.54) is 32.4 Å². The summed E-state index contributed by atoms with van der Waals surface area (Å²) in [6.07, 6.45) is 3.95. The molecule has 1 aliphatic rings. The van der Waals surface area contributed by atoms with Crippen molar-refractivity contribution in [3.8, 4) is 22.8 Å².